The number of nitrogens with one attached hydrogen (secondary N) is 1. The Morgan fingerprint density at radius 1 is 1.32 bits per heavy atom. The number of benzene rings is 1. The second-order valence-electron chi connectivity index (χ2n) is 4.67. The van der Waals surface area contributed by atoms with Gasteiger partial charge >= 0.3 is 0 Å². The summed E-state index contributed by atoms with van der Waals surface area (Å²) < 4.78 is 0. The SMILES string of the molecule is CC(=O)c1ccc(NC(C)c2ccc(C)s2)cc1N. The maximum absolute atomic E-state index is 11.3. The molecule has 2 rings (SSSR count). The minimum absolute atomic E-state index is 0.00835. The number of aryl methyl sites for hydroxylation is 1. The van der Waals surface area contributed by atoms with Crippen LogP contribution in [0.4, 0.5) is 11.4 Å². The van der Waals surface area contributed by atoms with Crippen LogP contribution in [-0.2, 0) is 0 Å². The molecule has 19 heavy (non-hydrogen) atoms. The summed E-state index contributed by atoms with van der Waals surface area (Å²) in [5.41, 5.74) is 7.91. The third-order valence-electron chi connectivity index (χ3n) is 3.00. The number of anilines is 2. The molecule has 1 heterocycles. The molecule has 100 valence electrons. The van der Waals surface area contributed by atoms with Crippen LogP contribution in [0.15, 0.2) is 30.3 Å². The fourth-order valence-corrected chi connectivity index (χ4v) is 2.86. The van der Waals surface area contributed by atoms with Crippen LogP contribution in [0.25, 0.3) is 0 Å². The first-order valence-corrected chi connectivity index (χ1v) is 7.02. The van der Waals surface area contributed by atoms with Crippen LogP contribution in [0.3, 0.4) is 0 Å². The predicted molar refractivity (Wildman–Crippen MR) is 82.0 cm³/mol. The van der Waals surface area contributed by atoms with Crippen LogP contribution in [0, 0.1) is 6.92 Å². The average molecular weight is 274 g/mol. The van der Waals surface area contributed by atoms with Crippen LogP contribution in [0.2, 0.25) is 0 Å². The number of hydrogen-bond acceptors (Lipinski definition) is 4. The first-order chi connectivity index (χ1) is 8.97. The Kier molecular flexibility index (Phi) is 3.90. The van der Waals surface area contributed by atoms with E-state index in [-0.39, 0.29) is 11.8 Å². The van der Waals surface area contributed by atoms with E-state index in [2.05, 4.69) is 31.3 Å². The quantitative estimate of drug-likeness (QED) is 0.654. The van der Waals surface area contributed by atoms with Gasteiger partial charge < -0.3 is 11.1 Å². The monoisotopic (exact) mass is 274 g/mol. The Morgan fingerprint density at radius 2 is 2.05 bits per heavy atom. The van der Waals surface area contributed by atoms with Crippen LogP contribution in [0.1, 0.15) is 40.0 Å². The summed E-state index contributed by atoms with van der Waals surface area (Å²) in [7, 11) is 0. The minimum atomic E-state index is -0.00835. The largest absolute Gasteiger partial charge is 0.398 e. The maximum atomic E-state index is 11.3. The molecule has 0 aliphatic carbocycles. The number of hydrogen-bond donors (Lipinski definition) is 2. The molecule has 0 amide bonds. The molecule has 2 aromatic rings. The number of thiophene rings is 1. The number of Topliss-reactive ketones (excluding diaryl/α,β-unsaturated/α-hetero) is 1. The van der Waals surface area contributed by atoms with Gasteiger partial charge in [-0.25, -0.2) is 0 Å². The number of nitrogens with two attached hydrogens (primary N) is 1. The molecule has 3 N–H and O–H groups in total. The van der Waals surface area contributed by atoms with Gasteiger partial charge in [0, 0.05) is 26.7 Å². The van der Waals surface area contributed by atoms with Crippen molar-refractivity contribution >= 4 is 28.5 Å². The van der Waals surface area contributed by atoms with Gasteiger partial charge in [-0.1, -0.05) is 0 Å². The molecule has 1 unspecified atom stereocenters. The van der Waals surface area contributed by atoms with Gasteiger partial charge in [0.25, 0.3) is 0 Å². The molecule has 0 saturated carbocycles. The molecule has 3 nitrogen and oxygen atoms in total. The Hall–Kier alpha value is -1.81. The minimum Gasteiger partial charge on any atom is -0.398 e. The van der Waals surface area contributed by atoms with E-state index in [0.717, 1.165) is 5.69 Å². The first kappa shape index (κ1) is 13.6. The summed E-state index contributed by atoms with van der Waals surface area (Å²) in [5.74, 6) is -0.00835. The number of ketones is 1. The van der Waals surface area contributed by atoms with E-state index in [4.69, 9.17) is 5.73 Å². The molecule has 4 heteroatoms. The zero-order valence-corrected chi connectivity index (χ0v) is 12.2. The Bertz CT molecular complexity index is 604. The molecule has 0 aliphatic rings. The number of carbonyl (C=O) groups excluding carboxylic acids is 1. The zero-order chi connectivity index (χ0) is 14.0. The van der Waals surface area contributed by atoms with Gasteiger partial charge in [0.2, 0.25) is 0 Å². The van der Waals surface area contributed by atoms with E-state index < -0.39 is 0 Å². The Labute approximate surface area is 117 Å². The van der Waals surface area contributed by atoms with E-state index in [1.54, 1.807) is 17.4 Å². The highest BCUT2D eigenvalue weighted by molar-refractivity contribution is 7.12. The average Bonchev–Trinajstić information content (AvgIpc) is 2.75. The van der Waals surface area contributed by atoms with Crippen LogP contribution < -0.4 is 11.1 Å². The lowest BCUT2D eigenvalue weighted by molar-refractivity contribution is 0.101. The van der Waals surface area contributed by atoms with Crippen molar-refractivity contribution < 1.29 is 4.79 Å². The Balaban J connectivity index is 2.15. The summed E-state index contributed by atoms with van der Waals surface area (Å²) in [6.45, 7) is 5.73. The van der Waals surface area contributed by atoms with Gasteiger partial charge in [-0.15, -0.1) is 11.3 Å². The van der Waals surface area contributed by atoms with E-state index in [0.29, 0.717) is 11.3 Å². The fourth-order valence-electron chi connectivity index (χ4n) is 1.98. The van der Waals surface area contributed by atoms with Crippen molar-refractivity contribution in [1.29, 1.82) is 0 Å². The van der Waals surface area contributed by atoms with Crippen LogP contribution in [-0.4, -0.2) is 5.78 Å². The third-order valence-corrected chi connectivity index (χ3v) is 4.19. The van der Waals surface area contributed by atoms with Gasteiger partial charge in [-0.2, -0.15) is 0 Å². The number of carbonyl (C=O) groups is 1. The van der Waals surface area contributed by atoms with E-state index >= 15 is 0 Å². The highest BCUT2D eigenvalue weighted by Gasteiger charge is 2.09. The normalized spacial score (nSPS) is 12.2. The molecular formula is C15H18N2OS. The van der Waals surface area contributed by atoms with Crippen molar-refractivity contribution in [3.63, 3.8) is 0 Å². The summed E-state index contributed by atoms with van der Waals surface area (Å²) in [6.07, 6.45) is 0. The second kappa shape index (κ2) is 5.45. The third kappa shape index (κ3) is 3.15. The van der Waals surface area contributed by atoms with Crippen molar-refractivity contribution in [3.05, 3.63) is 45.6 Å². The predicted octanol–water partition coefficient (Wildman–Crippen LogP) is 4.01. The standard InChI is InChI=1S/C15H18N2OS/c1-9-4-7-15(19-9)10(2)17-12-5-6-13(11(3)18)14(16)8-12/h4-8,10,17H,16H2,1-3H3. The first-order valence-electron chi connectivity index (χ1n) is 6.20. The smallest absolute Gasteiger partial charge is 0.161 e. The van der Waals surface area contributed by atoms with Crippen molar-refractivity contribution in [2.45, 2.75) is 26.8 Å². The Morgan fingerprint density at radius 3 is 2.58 bits per heavy atom. The molecule has 1 atom stereocenters. The maximum Gasteiger partial charge on any atom is 0.161 e. The van der Waals surface area contributed by atoms with Gasteiger partial charge in [0.15, 0.2) is 5.78 Å². The lowest BCUT2D eigenvalue weighted by atomic mass is 10.1. The molecule has 0 fully saturated rings. The lowest BCUT2D eigenvalue weighted by Gasteiger charge is -2.15. The van der Waals surface area contributed by atoms with Crippen molar-refractivity contribution in [2.24, 2.45) is 0 Å². The molecular weight excluding hydrogens is 256 g/mol. The molecule has 0 saturated heterocycles. The van der Waals surface area contributed by atoms with Crippen molar-refractivity contribution in [2.75, 3.05) is 11.1 Å². The second-order valence-corrected chi connectivity index (χ2v) is 5.99. The summed E-state index contributed by atoms with van der Waals surface area (Å²) >= 11 is 1.78. The van der Waals surface area contributed by atoms with E-state index in [1.807, 2.05) is 12.1 Å². The van der Waals surface area contributed by atoms with Crippen molar-refractivity contribution in [3.8, 4) is 0 Å². The molecule has 0 aliphatic heterocycles. The molecule has 0 radical (unpaired) electrons. The van der Waals surface area contributed by atoms with Crippen LogP contribution >= 0.6 is 11.3 Å². The topological polar surface area (TPSA) is 55.1 Å². The zero-order valence-electron chi connectivity index (χ0n) is 11.4. The molecule has 0 spiro atoms. The fraction of sp³-hybridized carbons (Fsp3) is 0.267. The van der Waals surface area contributed by atoms with Gasteiger partial charge in [-0.05, 0) is 51.1 Å². The molecule has 1 aromatic heterocycles. The van der Waals surface area contributed by atoms with Gasteiger partial charge in [0.1, 0.15) is 0 Å². The lowest BCUT2D eigenvalue weighted by Crippen LogP contribution is -2.06. The van der Waals surface area contributed by atoms with E-state index in [1.165, 1.54) is 16.7 Å². The van der Waals surface area contributed by atoms with Crippen LogP contribution in [0.5, 0.6) is 0 Å². The van der Waals surface area contributed by atoms with Crippen molar-refractivity contribution in [1.82, 2.24) is 0 Å². The highest BCUT2D eigenvalue weighted by atomic mass is 32.1. The summed E-state index contributed by atoms with van der Waals surface area (Å²) in [4.78, 5) is 13.9. The van der Waals surface area contributed by atoms with E-state index in [9.17, 15) is 4.79 Å². The molecule has 0 bridgehead atoms. The number of nitrogen functional groups attached to an aromatic ring is 1. The summed E-state index contributed by atoms with van der Waals surface area (Å²) in [6, 6.07) is 9.95. The van der Waals surface area contributed by atoms with Gasteiger partial charge in [-0.3, -0.25) is 4.79 Å². The van der Waals surface area contributed by atoms with Gasteiger partial charge in [0.05, 0.1) is 6.04 Å². The summed E-state index contributed by atoms with van der Waals surface area (Å²) in [5, 5.41) is 3.40. The highest BCUT2D eigenvalue weighted by Crippen LogP contribution is 2.27. The number of rotatable bonds is 4. The molecule has 1 aromatic carbocycles.